The topological polar surface area (TPSA) is 51.7 Å². The summed E-state index contributed by atoms with van der Waals surface area (Å²) in [6.45, 7) is 5.23. The molecule has 0 saturated carbocycles. The van der Waals surface area contributed by atoms with Gasteiger partial charge in [0.1, 0.15) is 11.1 Å². The molecular formula is C17H23ClN2O3. The van der Waals surface area contributed by atoms with Crippen molar-refractivity contribution in [3.8, 4) is 5.88 Å². The van der Waals surface area contributed by atoms with E-state index in [0.29, 0.717) is 35.6 Å². The van der Waals surface area contributed by atoms with Gasteiger partial charge in [0.05, 0.1) is 18.8 Å². The van der Waals surface area contributed by atoms with Crippen molar-refractivity contribution in [1.82, 2.24) is 9.88 Å². The van der Waals surface area contributed by atoms with E-state index in [1.165, 1.54) is 0 Å². The number of ether oxygens (including phenoxy) is 2. The predicted molar refractivity (Wildman–Crippen MR) is 88.0 cm³/mol. The molecule has 2 aliphatic rings. The molecule has 23 heavy (non-hydrogen) atoms. The third-order valence-corrected chi connectivity index (χ3v) is 4.84. The Morgan fingerprint density at radius 1 is 1.30 bits per heavy atom. The minimum Gasteiger partial charge on any atom is -0.473 e. The number of piperidine rings is 1. The maximum Gasteiger partial charge on any atom is 0.255 e. The fourth-order valence-corrected chi connectivity index (χ4v) is 3.19. The second-order valence-electron chi connectivity index (χ2n) is 6.42. The summed E-state index contributed by atoms with van der Waals surface area (Å²) in [7, 11) is 0. The molecule has 2 fully saturated rings. The third-order valence-electron chi connectivity index (χ3n) is 4.57. The van der Waals surface area contributed by atoms with Crippen LogP contribution in [0.3, 0.4) is 0 Å². The molecule has 0 unspecified atom stereocenters. The summed E-state index contributed by atoms with van der Waals surface area (Å²) in [5, 5.41) is 0.396. The molecule has 0 radical (unpaired) electrons. The van der Waals surface area contributed by atoms with Gasteiger partial charge < -0.3 is 14.4 Å². The molecule has 0 aromatic carbocycles. The van der Waals surface area contributed by atoms with Crippen LogP contribution in [0.5, 0.6) is 5.88 Å². The van der Waals surface area contributed by atoms with E-state index in [4.69, 9.17) is 21.1 Å². The number of carbonyl (C=O) groups is 1. The number of pyridine rings is 1. The molecule has 5 nitrogen and oxygen atoms in total. The van der Waals surface area contributed by atoms with Crippen molar-refractivity contribution < 1.29 is 14.3 Å². The summed E-state index contributed by atoms with van der Waals surface area (Å²) in [6, 6.07) is 1.67. The number of rotatable bonds is 3. The summed E-state index contributed by atoms with van der Waals surface area (Å²) in [6.07, 6.45) is 5.44. The normalized spacial score (nSPS) is 20.5. The molecule has 2 aliphatic heterocycles. The standard InChI is InChI=1S/C17H23ClN2O3/c1-12-2-6-20(7-3-12)17(21)13-10-15(18)16(19-11-13)23-14-4-8-22-9-5-14/h10-12,14H,2-9H2,1H3. The van der Waals surface area contributed by atoms with Crippen molar-refractivity contribution in [3.05, 3.63) is 22.8 Å². The van der Waals surface area contributed by atoms with Gasteiger partial charge >= 0.3 is 0 Å². The Balaban J connectivity index is 1.65. The molecule has 0 N–H and O–H groups in total. The predicted octanol–water partition coefficient (Wildman–Crippen LogP) is 3.16. The number of amides is 1. The van der Waals surface area contributed by atoms with Crippen LogP contribution < -0.4 is 4.74 Å². The van der Waals surface area contributed by atoms with E-state index in [9.17, 15) is 4.79 Å². The Morgan fingerprint density at radius 3 is 2.65 bits per heavy atom. The molecule has 0 bridgehead atoms. The Labute approximate surface area is 141 Å². The van der Waals surface area contributed by atoms with Gasteiger partial charge in [-0.3, -0.25) is 4.79 Å². The number of carbonyl (C=O) groups excluding carboxylic acids is 1. The fraction of sp³-hybridized carbons (Fsp3) is 0.647. The van der Waals surface area contributed by atoms with Crippen LogP contribution in [0.4, 0.5) is 0 Å². The summed E-state index contributed by atoms with van der Waals surface area (Å²) in [5.41, 5.74) is 0.531. The smallest absolute Gasteiger partial charge is 0.255 e. The van der Waals surface area contributed by atoms with Gasteiger partial charge in [-0.1, -0.05) is 18.5 Å². The summed E-state index contributed by atoms with van der Waals surface area (Å²) >= 11 is 6.27. The number of aromatic nitrogens is 1. The molecule has 2 saturated heterocycles. The molecule has 0 aliphatic carbocycles. The van der Waals surface area contributed by atoms with Gasteiger partial charge in [-0.2, -0.15) is 0 Å². The van der Waals surface area contributed by atoms with Crippen LogP contribution in [0, 0.1) is 5.92 Å². The average molecular weight is 339 g/mol. The Bertz CT molecular complexity index is 553. The minimum atomic E-state index is 0.00363. The zero-order chi connectivity index (χ0) is 16.2. The molecular weight excluding hydrogens is 316 g/mol. The van der Waals surface area contributed by atoms with Crippen LogP contribution in [0.25, 0.3) is 0 Å². The van der Waals surface area contributed by atoms with Gasteiger partial charge in [-0.15, -0.1) is 0 Å². The molecule has 3 heterocycles. The van der Waals surface area contributed by atoms with Crippen LogP contribution in [-0.2, 0) is 4.74 Å². The second-order valence-corrected chi connectivity index (χ2v) is 6.82. The van der Waals surface area contributed by atoms with Gasteiger partial charge in [0, 0.05) is 32.1 Å². The summed E-state index contributed by atoms with van der Waals surface area (Å²) in [5.74, 6) is 1.10. The van der Waals surface area contributed by atoms with Gasteiger partial charge in [-0.05, 0) is 24.8 Å². The van der Waals surface area contributed by atoms with E-state index in [1.807, 2.05) is 4.90 Å². The monoisotopic (exact) mass is 338 g/mol. The lowest BCUT2D eigenvalue weighted by atomic mass is 9.99. The first-order valence-electron chi connectivity index (χ1n) is 8.32. The first-order valence-corrected chi connectivity index (χ1v) is 8.70. The van der Waals surface area contributed by atoms with Gasteiger partial charge in [0.15, 0.2) is 0 Å². The molecule has 1 aromatic heterocycles. The van der Waals surface area contributed by atoms with Crippen molar-refractivity contribution in [2.45, 2.75) is 38.7 Å². The largest absolute Gasteiger partial charge is 0.473 e. The number of likely N-dealkylation sites (tertiary alicyclic amines) is 1. The molecule has 1 amide bonds. The van der Waals surface area contributed by atoms with Gasteiger partial charge in [0.25, 0.3) is 5.91 Å². The molecule has 1 aromatic rings. The van der Waals surface area contributed by atoms with E-state index >= 15 is 0 Å². The highest BCUT2D eigenvalue weighted by molar-refractivity contribution is 6.32. The zero-order valence-electron chi connectivity index (χ0n) is 13.5. The zero-order valence-corrected chi connectivity index (χ0v) is 14.2. The molecule has 3 rings (SSSR count). The Kier molecular flexibility index (Phi) is 5.38. The summed E-state index contributed by atoms with van der Waals surface area (Å²) < 4.78 is 11.1. The van der Waals surface area contributed by atoms with Crippen LogP contribution in [0.2, 0.25) is 5.02 Å². The van der Waals surface area contributed by atoms with Gasteiger partial charge in [-0.25, -0.2) is 4.98 Å². The van der Waals surface area contributed by atoms with Crippen molar-refractivity contribution in [2.75, 3.05) is 26.3 Å². The Hall–Kier alpha value is -1.33. The highest BCUT2D eigenvalue weighted by atomic mass is 35.5. The molecule has 0 atom stereocenters. The van der Waals surface area contributed by atoms with Crippen molar-refractivity contribution in [3.63, 3.8) is 0 Å². The highest BCUT2D eigenvalue weighted by Gasteiger charge is 2.23. The van der Waals surface area contributed by atoms with Crippen molar-refractivity contribution in [2.24, 2.45) is 5.92 Å². The minimum absolute atomic E-state index is 0.00363. The Morgan fingerprint density at radius 2 is 2.00 bits per heavy atom. The van der Waals surface area contributed by atoms with E-state index in [1.54, 1.807) is 12.3 Å². The maximum absolute atomic E-state index is 12.5. The van der Waals surface area contributed by atoms with E-state index in [0.717, 1.165) is 38.8 Å². The quantitative estimate of drug-likeness (QED) is 0.849. The van der Waals surface area contributed by atoms with E-state index in [-0.39, 0.29) is 12.0 Å². The summed E-state index contributed by atoms with van der Waals surface area (Å²) in [4.78, 5) is 18.7. The lowest BCUT2D eigenvalue weighted by Gasteiger charge is -2.30. The second kappa shape index (κ2) is 7.49. The van der Waals surface area contributed by atoms with E-state index < -0.39 is 0 Å². The highest BCUT2D eigenvalue weighted by Crippen LogP contribution is 2.26. The first-order chi connectivity index (χ1) is 11.1. The number of hydrogen-bond donors (Lipinski definition) is 0. The lowest BCUT2D eigenvalue weighted by Crippen LogP contribution is -2.38. The van der Waals surface area contributed by atoms with Crippen LogP contribution in [0.15, 0.2) is 12.3 Å². The fourth-order valence-electron chi connectivity index (χ4n) is 2.97. The van der Waals surface area contributed by atoms with Gasteiger partial charge in [0.2, 0.25) is 5.88 Å². The van der Waals surface area contributed by atoms with Crippen LogP contribution in [-0.4, -0.2) is 48.2 Å². The number of hydrogen-bond acceptors (Lipinski definition) is 4. The van der Waals surface area contributed by atoms with Crippen LogP contribution in [0.1, 0.15) is 43.0 Å². The third kappa shape index (κ3) is 4.15. The maximum atomic E-state index is 12.5. The first kappa shape index (κ1) is 16.5. The van der Waals surface area contributed by atoms with E-state index in [2.05, 4.69) is 11.9 Å². The molecule has 6 heteroatoms. The molecule has 0 spiro atoms. The van der Waals surface area contributed by atoms with Crippen LogP contribution >= 0.6 is 11.6 Å². The molecule has 126 valence electrons. The van der Waals surface area contributed by atoms with Crippen molar-refractivity contribution in [1.29, 1.82) is 0 Å². The SMILES string of the molecule is CC1CCN(C(=O)c2cnc(OC3CCOCC3)c(Cl)c2)CC1. The number of nitrogens with zero attached hydrogens (tertiary/aromatic N) is 2. The average Bonchev–Trinajstić information content (AvgIpc) is 2.58. The van der Waals surface area contributed by atoms with Crippen molar-refractivity contribution >= 4 is 17.5 Å². The lowest BCUT2D eigenvalue weighted by molar-refractivity contribution is 0.0238. The number of halogens is 1.